The van der Waals surface area contributed by atoms with E-state index in [9.17, 15) is 9.90 Å². The van der Waals surface area contributed by atoms with E-state index in [4.69, 9.17) is 16.3 Å². The fraction of sp³-hybridized carbons (Fsp3) is 0.174. The topological polar surface area (TPSA) is 49.8 Å². The van der Waals surface area contributed by atoms with Crippen LogP contribution in [0.1, 0.15) is 11.1 Å². The molecule has 3 aromatic rings. The van der Waals surface area contributed by atoms with E-state index in [1.165, 1.54) is 4.90 Å². The van der Waals surface area contributed by atoms with Gasteiger partial charge in [-0.25, -0.2) is 4.79 Å². The number of halogens is 1. The molecule has 1 amide bonds. The van der Waals surface area contributed by atoms with E-state index >= 15 is 0 Å². The molecule has 0 radical (unpaired) electrons. The lowest BCUT2D eigenvalue weighted by atomic mass is 10.0. The first-order valence-corrected chi connectivity index (χ1v) is 9.55. The van der Waals surface area contributed by atoms with Crippen LogP contribution in [-0.4, -0.2) is 28.7 Å². The molecule has 4 nitrogen and oxygen atoms in total. The second-order valence-electron chi connectivity index (χ2n) is 6.87. The van der Waals surface area contributed by atoms with Crippen LogP contribution in [0.2, 0.25) is 5.02 Å². The zero-order valence-corrected chi connectivity index (χ0v) is 16.0. The van der Waals surface area contributed by atoms with Gasteiger partial charge in [-0.05, 0) is 17.2 Å². The number of carboxylic acid groups (broad SMARTS) is 1. The summed E-state index contributed by atoms with van der Waals surface area (Å²) in [5.74, 6) is 0.797. The molecule has 0 saturated carbocycles. The normalized spacial score (nSPS) is 15.0. The zero-order chi connectivity index (χ0) is 19.5. The molecule has 28 heavy (non-hydrogen) atoms. The van der Waals surface area contributed by atoms with E-state index in [1.54, 1.807) is 0 Å². The highest BCUT2D eigenvalue weighted by Gasteiger charge is 2.29. The fourth-order valence-electron chi connectivity index (χ4n) is 3.59. The number of fused-ring (bicyclic) bond motifs is 1. The Morgan fingerprint density at radius 3 is 2.46 bits per heavy atom. The molecule has 1 aliphatic rings. The molecule has 1 N–H and O–H groups in total. The van der Waals surface area contributed by atoms with Crippen LogP contribution < -0.4 is 4.74 Å². The summed E-state index contributed by atoms with van der Waals surface area (Å²) in [6.45, 7) is 0.643. The van der Waals surface area contributed by atoms with Crippen molar-refractivity contribution in [3.8, 4) is 16.9 Å². The summed E-state index contributed by atoms with van der Waals surface area (Å²) in [6, 6.07) is 23.3. The predicted octanol–water partition coefficient (Wildman–Crippen LogP) is 5.49. The Bertz CT molecular complexity index is 990. The van der Waals surface area contributed by atoms with Crippen molar-refractivity contribution in [2.75, 3.05) is 6.54 Å². The van der Waals surface area contributed by atoms with Crippen LogP contribution in [0.15, 0.2) is 72.8 Å². The maximum Gasteiger partial charge on any atom is 0.407 e. The number of benzene rings is 3. The van der Waals surface area contributed by atoms with Crippen molar-refractivity contribution in [3.05, 3.63) is 88.9 Å². The molecule has 0 saturated heterocycles. The van der Waals surface area contributed by atoms with Crippen LogP contribution in [-0.2, 0) is 13.0 Å². The molecule has 1 heterocycles. The maximum absolute atomic E-state index is 11.8. The van der Waals surface area contributed by atoms with Crippen LogP contribution in [0.5, 0.6) is 5.75 Å². The fourth-order valence-corrected chi connectivity index (χ4v) is 3.83. The van der Waals surface area contributed by atoms with Gasteiger partial charge in [0.25, 0.3) is 0 Å². The summed E-state index contributed by atoms with van der Waals surface area (Å²) in [5, 5.41) is 10.3. The summed E-state index contributed by atoms with van der Waals surface area (Å²) < 4.78 is 6.20. The summed E-state index contributed by atoms with van der Waals surface area (Å²) in [7, 11) is 0. The minimum atomic E-state index is -0.949. The molecule has 142 valence electrons. The monoisotopic (exact) mass is 393 g/mol. The van der Waals surface area contributed by atoms with Crippen LogP contribution in [0.3, 0.4) is 0 Å². The summed E-state index contributed by atoms with van der Waals surface area (Å²) in [5.41, 5.74) is 3.89. The molecule has 0 bridgehead atoms. The summed E-state index contributed by atoms with van der Waals surface area (Å²) >= 11 is 6.37. The van der Waals surface area contributed by atoms with Gasteiger partial charge in [0.05, 0.1) is 6.54 Å². The zero-order valence-electron chi connectivity index (χ0n) is 15.2. The Hall–Kier alpha value is -2.98. The molecule has 0 spiro atoms. The van der Waals surface area contributed by atoms with Gasteiger partial charge in [-0.1, -0.05) is 78.3 Å². The summed E-state index contributed by atoms with van der Waals surface area (Å²) in [6.07, 6.45) is -0.500. The van der Waals surface area contributed by atoms with E-state index < -0.39 is 6.09 Å². The molecule has 1 unspecified atom stereocenters. The van der Waals surface area contributed by atoms with E-state index in [1.807, 2.05) is 72.8 Å². The third-order valence-corrected chi connectivity index (χ3v) is 5.23. The number of rotatable bonds is 5. The van der Waals surface area contributed by atoms with E-state index in [-0.39, 0.29) is 6.10 Å². The third kappa shape index (κ3) is 3.82. The van der Waals surface area contributed by atoms with E-state index in [0.717, 1.165) is 28.0 Å². The van der Waals surface area contributed by atoms with Crippen molar-refractivity contribution < 1.29 is 14.6 Å². The lowest BCUT2D eigenvalue weighted by molar-refractivity contribution is 0.113. The highest BCUT2D eigenvalue weighted by atomic mass is 35.5. The van der Waals surface area contributed by atoms with Gasteiger partial charge in [0, 0.05) is 29.1 Å². The van der Waals surface area contributed by atoms with Gasteiger partial charge in [-0.15, -0.1) is 0 Å². The van der Waals surface area contributed by atoms with Crippen molar-refractivity contribution in [2.45, 2.75) is 19.1 Å². The van der Waals surface area contributed by atoms with Gasteiger partial charge >= 0.3 is 6.09 Å². The van der Waals surface area contributed by atoms with Crippen LogP contribution in [0.4, 0.5) is 4.79 Å². The quantitative estimate of drug-likeness (QED) is 0.623. The average molecular weight is 394 g/mol. The Morgan fingerprint density at radius 1 is 1.00 bits per heavy atom. The summed E-state index contributed by atoms with van der Waals surface area (Å²) in [4.78, 5) is 13.2. The molecule has 1 atom stereocenters. The Balaban J connectivity index is 1.54. The first-order valence-electron chi connectivity index (χ1n) is 9.17. The van der Waals surface area contributed by atoms with E-state index in [0.29, 0.717) is 24.5 Å². The van der Waals surface area contributed by atoms with Gasteiger partial charge in [-0.3, -0.25) is 0 Å². The molecule has 3 aromatic carbocycles. The van der Waals surface area contributed by atoms with Gasteiger partial charge < -0.3 is 14.7 Å². The molecule has 0 aromatic heterocycles. The minimum Gasteiger partial charge on any atom is -0.487 e. The SMILES string of the molecule is O=C(O)N(Cc1ccccc1)CC1Cc2cccc(-c3ccccc3Cl)c2O1. The van der Waals surface area contributed by atoms with Crippen molar-refractivity contribution >= 4 is 17.7 Å². The third-order valence-electron chi connectivity index (χ3n) is 4.90. The molecule has 5 heteroatoms. The molecular formula is C23H20ClNO3. The molecular weight excluding hydrogens is 374 g/mol. The van der Waals surface area contributed by atoms with Gasteiger partial charge in [-0.2, -0.15) is 0 Å². The lowest BCUT2D eigenvalue weighted by Crippen LogP contribution is -2.37. The van der Waals surface area contributed by atoms with Crippen molar-refractivity contribution in [1.29, 1.82) is 0 Å². The number of hydrogen-bond acceptors (Lipinski definition) is 2. The Morgan fingerprint density at radius 2 is 1.71 bits per heavy atom. The number of hydrogen-bond donors (Lipinski definition) is 1. The number of carbonyl (C=O) groups is 1. The van der Waals surface area contributed by atoms with Crippen LogP contribution in [0, 0.1) is 0 Å². The smallest absolute Gasteiger partial charge is 0.407 e. The predicted molar refractivity (Wildman–Crippen MR) is 110 cm³/mol. The van der Waals surface area contributed by atoms with E-state index in [2.05, 4.69) is 0 Å². The number of amides is 1. The van der Waals surface area contributed by atoms with Gasteiger partial charge in [0.1, 0.15) is 11.9 Å². The molecule has 0 aliphatic carbocycles. The molecule has 1 aliphatic heterocycles. The number of para-hydroxylation sites is 1. The van der Waals surface area contributed by atoms with Gasteiger partial charge in [0.2, 0.25) is 0 Å². The standard InChI is InChI=1S/C23H20ClNO3/c24-21-12-5-4-10-19(21)20-11-6-9-17-13-18(28-22(17)20)15-25(23(26)27)14-16-7-2-1-3-8-16/h1-12,18H,13-15H2,(H,26,27). The first-order chi connectivity index (χ1) is 13.6. The second kappa shape index (κ2) is 7.95. The van der Waals surface area contributed by atoms with Crippen LogP contribution in [0.25, 0.3) is 11.1 Å². The minimum absolute atomic E-state index is 0.224. The molecule has 4 rings (SSSR count). The largest absolute Gasteiger partial charge is 0.487 e. The van der Waals surface area contributed by atoms with Gasteiger partial charge in [0.15, 0.2) is 0 Å². The number of ether oxygens (including phenoxy) is 1. The van der Waals surface area contributed by atoms with Crippen molar-refractivity contribution in [3.63, 3.8) is 0 Å². The Labute approximate surface area is 168 Å². The lowest BCUT2D eigenvalue weighted by Gasteiger charge is -2.23. The Kier molecular flexibility index (Phi) is 5.22. The van der Waals surface area contributed by atoms with Crippen molar-refractivity contribution in [1.82, 2.24) is 4.90 Å². The molecule has 0 fully saturated rings. The number of nitrogens with zero attached hydrogens (tertiary/aromatic N) is 1. The first kappa shape index (κ1) is 18.4. The van der Waals surface area contributed by atoms with Crippen molar-refractivity contribution in [2.24, 2.45) is 0 Å². The van der Waals surface area contributed by atoms with Crippen LogP contribution >= 0.6 is 11.6 Å². The highest BCUT2D eigenvalue weighted by molar-refractivity contribution is 6.33. The highest BCUT2D eigenvalue weighted by Crippen LogP contribution is 2.41. The average Bonchev–Trinajstić information content (AvgIpc) is 3.11. The second-order valence-corrected chi connectivity index (χ2v) is 7.27. The maximum atomic E-state index is 11.8.